The minimum absolute atomic E-state index is 0.0876. The van der Waals surface area contributed by atoms with Gasteiger partial charge in [-0.25, -0.2) is 4.79 Å². The van der Waals surface area contributed by atoms with Crippen LogP contribution in [-0.4, -0.2) is 25.0 Å². The molecule has 21 heavy (non-hydrogen) atoms. The van der Waals surface area contributed by atoms with Crippen molar-refractivity contribution in [1.82, 2.24) is 0 Å². The molecule has 0 atom stereocenters. The smallest absolute Gasteiger partial charge is 0.344 e. The van der Waals surface area contributed by atoms with E-state index in [0.29, 0.717) is 5.75 Å². The predicted molar refractivity (Wildman–Crippen MR) is 78.1 cm³/mol. The topological polar surface area (TPSA) is 102 Å². The number of nitrogens with two attached hydrogens (primary N) is 1. The largest absolute Gasteiger partial charge is 0.482 e. The van der Waals surface area contributed by atoms with E-state index in [1.165, 1.54) is 6.92 Å². The first-order valence-corrected chi connectivity index (χ1v) is 6.67. The van der Waals surface area contributed by atoms with Crippen molar-refractivity contribution in [2.75, 3.05) is 13.2 Å². The van der Waals surface area contributed by atoms with Crippen molar-refractivity contribution in [2.45, 2.75) is 6.92 Å². The van der Waals surface area contributed by atoms with E-state index in [1.807, 2.05) is 0 Å². The van der Waals surface area contributed by atoms with Gasteiger partial charge < -0.3 is 15.2 Å². The summed E-state index contributed by atoms with van der Waals surface area (Å²) >= 11 is 3.27. The highest BCUT2D eigenvalue weighted by atomic mass is 79.9. The second kappa shape index (κ2) is 8.07. The number of carbonyl (C=O) groups is 2. The second-order valence-corrected chi connectivity index (χ2v) is 4.91. The third-order valence-corrected chi connectivity index (χ3v) is 2.85. The first-order valence-electron chi connectivity index (χ1n) is 5.87. The zero-order valence-electron chi connectivity index (χ0n) is 11.3. The summed E-state index contributed by atoms with van der Waals surface area (Å²) in [5.74, 6) is -0.857. The molecule has 0 unspecified atom stereocenters. The van der Waals surface area contributed by atoms with Crippen LogP contribution in [0.2, 0.25) is 0 Å². The fourth-order valence-electron chi connectivity index (χ4n) is 1.30. The van der Waals surface area contributed by atoms with E-state index in [2.05, 4.69) is 15.9 Å². The number of esters is 1. The van der Waals surface area contributed by atoms with Crippen molar-refractivity contribution in [3.05, 3.63) is 40.0 Å². The molecule has 0 spiro atoms. The maximum atomic E-state index is 11.5. The van der Waals surface area contributed by atoms with Crippen LogP contribution in [-0.2, 0) is 14.3 Å². The summed E-state index contributed by atoms with van der Waals surface area (Å²) < 4.78 is 10.8. The summed E-state index contributed by atoms with van der Waals surface area (Å²) in [6.07, 6.45) is 0. The number of nitrogens with zero attached hydrogens (tertiary/aromatic N) is 1. The number of allylic oxidation sites excluding steroid dienone is 1. The first kappa shape index (κ1) is 16.7. The predicted octanol–water partition coefficient (Wildman–Crippen LogP) is 1.70. The minimum atomic E-state index is -0.710. The quantitative estimate of drug-likeness (QED) is 0.474. The van der Waals surface area contributed by atoms with E-state index in [0.717, 1.165) is 4.47 Å². The lowest BCUT2D eigenvalue weighted by Gasteiger charge is -2.06. The van der Waals surface area contributed by atoms with Crippen LogP contribution >= 0.6 is 15.9 Å². The van der Waals surface area contributed by atoms with Crippen LogP contribution in [0.4, 0.5) is 0 Å². The zero-order valence-corrected chi connectivity index (χ0v) is 12.8. The van der Waals surface area contributed by atoms with Gasteiger partial charge in [-0.2, -0.15) is 5.26 Å². The number of halogens is 1. The summed E-state index contributed by atoms with van der Waals surface area (Å²) in [4.78, 5) is 23.0. The van der Waals surface area contributed by atoms with Crippen molar-refractivity contribution in [2.24, 2.45) is 5.73 Å². The number of rotatable bonds is 6. The molecule has 0 fully saturated rings. The van der Waals surface area contributed by atoms with Gasteiger partial charge in [-0.05, 0) is 31.2 Å². The monoisotopic (exact) mass is 352 g/mol. The highest BCUT2D eigenvalue weighted by Gasteiger charge is 2.14. The number of ether oxygens (including phenoxy) is 2. The Morgan fingerprint density at radius 2 is 1.90 bits per heavy atom. The van der Waals surface area contributed by atoms with Gasteiger partial charge in [0.1, 0.15) is 17.4 Å². The van der Waals surface area contributed by atoms with Crippen LogP contribution in [0.5, 0.6) is 5.75 Å². The molecule has 0 heterocycles. The van der Waals surface area contributed by atoms with Crippen molar-refractivity contribution in [3.63, 3.8) is 0 Å². The molecule has 7 heteroatoms. The Kier molecular flexibility index (Phi) is 6.43. The molecule has 6 nitrogen and oxygen atoms in total. The normalized spacial score (nSPS) is 11.1. The molecule has 1 rings (SSSR count). The summed E-state index contributed by atoms with van der Waals surface area (Å²) in [6.45, 7) is 0.553. The lowest BCUT2D eigenvalue weighted by Crippen LogP contribution is -2.21. The summed E-state index contributed by atoms with van der Waals surface area (Å²) in [5, 5.41) is 8.73. The number of Topliss-reactive ketones (excluding diaryl/α,β-unsaturated/α-hetero) is 1. The van der Waals surface area contributed by atoms with E-state index in [4.69, 9.17) is 20.5 Å². The Balaban J connectivity index is 2.42. The van der Waals surface area contributed by atoms with Crippen molar-refractivity contribution in [1.29, 1.82) is 5.26 Å². The van der Waals surface area contributed by atoms with Gasteiger partial charge in [0.2, 0.25) is 5.78 Å². The molecule has 1 aromatic carbocycles. The lowest BCUT2D eigenvalue weighted by molar-refractivity contribution is -0.149. The van der Waals surface area contributed by atoms with E-state index in [9.17, 15) is 9.59 Å². The molecular formula is C14H13BrN2O4. The zero-order chi connectivity index (χ0) is 15.8. The first-order chi connectivity index (χ1) is 9.93. The van der Waals surface area contributed by atoms with Crippen LogP contribution < -0.4 is 10.5 Å². The SMILES string of the molecule is CC(N)=C(C#N)C(=O)COC(=O)COc1ccc(Br)cc1. The van der Waals surface area contributed by atoms with Gasteiger partial charge in [0.25, 0.3) is 0 Å². The second-order valence-electron chi connectivity index (χ2n) is 4.00. The molecule has 0 bridgehead atoms. The standard InChI is InChI=1S/C14H13BrN2O4/c1-9(17)12(6-16)13(18)7-21-14(19)8-20-11-4-2-10(15)3-5-11/h2-5H,7-8,17H2,1H3. The molecule has 0 aliphatic rings. The van der Waals surface area contributed by atoms with E-state index in [1.54, 1.807) is 30.3 Å². The fraction of sp³-hybridized carbons (Fsp3) is 0.214. The van der Waals surface area contributed by atoms with Gasteiger partial charge in [-0.15, -0.1) is 0 Å². The third kappa shape index (κ3) is 5.67. The fourth-order valence-corrected chi connectivity index (χ4v) is 1.57. The van der Waals surface area contributed by atoms with Crippen molar-refractivity contribution < 1.29 is 19.1 Å². The Labute approximate surface area is 130 Å². The number of benzene rings is 1. The van der Waals surface area contributed by atoms with Gasteiger partial charge in [0.15, 0.2) is 13.2 Å². The summed E-state index contributed by atoms with van der Waals surface area (Å²) in [6, 6.07) is 8.55. The number of ketones is 1. The molecule has 0 aliphatic carbocycles. The molecule has 110 valence electrons. The van der Waals surface area contributed by atoms with Crippen LogP contribution in [0, 0.1) is 11.3 Å². The van der Waals surface area contributed by atoms with Gasteiger partial charge in [0, 0.05) is 10.2 Å². The van der Waals surface area contributed by atoms with Crippen molar-refractivity contribution >= 4 is 27.7 Å². The number of carbonyl (C=O) groups excluding carboxylic acids is 2. The van der Waals surface area contributed by atoms with Gasteiger partial charge in [-0.1, -0.05) is 15.9 Å². The molecular weight excluding hydrogens is 340 g/mol. The summed E-state index contributed by atoms with van der Waals surface area (Å²) in [7, 11) is 0. The van der Waals surface area contributed by atoms with E-state index < -0.39 is 18.4 Å². The average Bonchev–Trinajstić information content (AvgIpc) is 2.45. The van der Waals surface area contributed by atoms with Gasteiger partial charge in [-0.3, -0.25) is 4.79 Å². The molecule has 0 saturated heterocycles. The number of hydrogen-bond acceptors (Lipinski definition) is 6. The Morgan fingerprint density at radius 3 is 2.43 bits per heavy atom. The Hall–Kier alpha value is -2.33. The minimum Gasteiger partial charge on any atom is -0.482 e. The highest BCUT2D eigenvalue weighted by molar-refractivity contribution is 9.10. The number of nitriles is 1. The molecule has 0 radical (unpaired) electrons. The molecule has 0 aliphatic heterocycles. The molecule has 0 aromatic heterocycles. The molecule has 1 aromatic rings. The van der Waals surface area contributed by atoms with Gasteiger partial charge >= 0.3 is 5.97 Å². The van der Waals surface area contributed by atoms with Crippen molar-refractivity contribution in [3.8, 4) is 11.8 Å². The molecule has 0 amide bonds. The molecule has 0 saturated carbocycles. The molecule has 2 N–H and O–H groups in total. The Bertz CT molecular complexity index is 598. The van der Waals surface area contributed by atoms with Crippen LogP contribution in [0.1, 0.15) is 6.92 Å². The summed E-state index contributed by atoms with van der Waals surface area (Å²) in [5.41, 5.74) is 5.24. The van der Waals surface area contributed by atoms with Crippen LogP contribution in [0.3, 0.4) is 0 Å². The Morgan fingerprint density at radius 1 is 1.29 bits per heavy atom. The maximum absolute atomic E-state index is 11.5. The average molecular weight is 353 g/mol. The van der Waals surface area contributed by atoms with E-state index >= 15 is 0 Å². The lowest BCUT2D eigenvalue weighted by atomic mass is 10.1. The third-order valence-electron chi connectivity index (χ3n) is 2.32. The maximum Gasteiger partial charge on any atom is 0.344 e. The highest BCUT2D eigenvalue weighted by Crippen LogP contribution is 2.15. The van der Waals surface area contributed by atoms with Gasteiger partial charge in [0.05, 0.1) is 0 Å². The van der Waals surface area contributed by atoms with E-state index in [-0.39, 0.29) is 17.9 Å². The number of hydrogen-bond donors (Lipinski definition) is 1. The van der Waals surface area contributed by atoms with Crippen LogP contribution in [0.25, 0.3) is 0 Å². The van der Waals surface area contributed by atoms with Crippen LogP contribution in [0.15, 0.2) is 40.0 Å².